The highest BCUT2D eigenvalue weighted by atomic mass is 16.5. The number of benzene rings is 3. The third-order valence-corrected chi connectivity index (χ3v) is 7.42. The Morgan fingerprint density at radius 2 is 1.55 bits per heavy atom. The van der Waals surface area contributed by atoms with Crippen molar-refractivity contribution in [3.8, 4) is 23.0 Å². The monoisotopic (exact) mass is 509 g/mol. The third kappa shape index (κ3) is 3.72. The zero-order valence-corrected chi connectivity index (χ0v) is 21.5. The van der Waals surface area contributed by atoms with Gasteiger partial charge in [-0.15, -0.1) is 0 Å². The van der Waals surface area contributed by atoms with Gasteiger partial charge in [0.05, 0.1) is 30.7 Å². The van der Waals surface area contributed by atoms with Gasteiger partial charge in [0, 0.05) is 17.3 Å². The molecule has 192 valence electrons. The molecule has 1 aliphatic heterocycles. The standard InChI is InChI=1S/C30H28N4O4/c1-17-4-8-19(9-5-17)33-28(35)25(29(36)34(30(33)37)20-10-6-18(2)7-11-20)27-26-22(14-15-31-27)23-16-21(38-3)12-13-24(23)32-26/h4-13,16,27,31-32,35H,14-15H2,1-3H3/p+1/t27-/m0/s1. The summed E-state index contributed by atoms with van der Waals surface area (Å²) in [4.78, 5) is 31.4. The predicted octanol–water partition coefficient (Wildman–Crippen LogP) is 3.01. The van der Waals surface area contributed by atoms with E-state index in [1.807, 2.05) is 61.6 Å². The number of hydrogen-bond donors (Lipinski definition) is 3. The number of nitrogens with one attached hydrogen (secondary N) is 1. The van der Waals surface area contributed by atoms with E-state index in [0.29, 0.717) is 11.4 Å². The molecule has 4 N–H and O–H groups in total. The van der Waals surface area contributed by atoms with Gasteiger partial charge in [-0.2, -0.15) is 0 Å². The van der Waals surface area contributed by atoms with E-state index in [2.05, 4.69) is 4.98 Å². The molecule has 0 bridgehead atoms. The maximum Gasteiger partial charge on any atom is 0.343 e. The van der Waals surface area contributed by atoms with E-state index in [4.69, 9.17) is 4.74 Å². The lowest BCUT2D eigenvalue weighted by atomic mass is 9.95. The fourth-order valence-corrected chi connectivity index (χ4v) is 5.42. The Balaban J connectivity index is 1.65. The fourth-order valence-electron chi connectivity index (χ4n) is 5.42. The quantitative estimate of drug-likeness (QED) is 0.346. The summed E-state index contributed by atoms with van der Waals surface area (Å²) in [7, 11) is 1.64. The molecule has 3 aromatic carbocycles. The number of aryl methyl sites for hydroxylation is 2. The molecule has 0 spiro atoms. The molecule has 5 aromatic rings. The van der Waals surface area contributed by atoms with Crippen LogP contribution in [0.1, 0.15) is 34.0 Å². The SMILES string of the molecule is COc1ccc2[nH]c3c(c2c1)CC[NH2+][C@H]3c1c(O)n(-c2ccc(C)cc2)c(=O)n(-c2ccc(C)cc2)c1=O. The van der Waals surface area contributed by atoms with E-state index in [-0.39, 0.29) is 11.4 Å². The van der Waals surface area contributed by atoms with E-state index in [0.717, 1.165) is 56.6 Å². The van der Waals surface area contributed by atoms with Crippen molar-refractivity contribution in [3.05, 3.63) is 116 Å². The highest BCUT2D eigenvalue weighted by Gasteiger charge is 2.36. The van der Waals surface area contributed by atoms with Crippen LogP contribution >= 0.6 is 0 Å². The molecule has 2 aromatic heterocycles. The van der Waals surface area contributed by atoms with Crippen LogP contribution in [-0.4, -0.2) is 32.9 Å². The molecule has 0 aliphatic carbocycles. The van der Waals surface area contributed by atoms with Gasteiger partial charge in [0.15, 0.2) is 6.04 Å². The van der Waals surface area contributed by atoms with Crippen molar-refractivity contribution in [2.75, 3.05) is 13.7 Å². The summed E-state index contributed by atoms with van der Waals surface area (Å²) in [5, 5.41) is 14.7. The molecule has 1 atom stereocenters. The van der Waals surface area contributed by atoms with Gasteiger partial charge in [0.25, 0.3) is 5.56 Å². The van der Waals surface area contributed by atoms with E-state index in [1.54, 1.807) is 31.4 Å². The number of nitrogens with two attached hydrogens (primary N) is 1. The molecule has 1 aliphatic rings. The lowest BCUT2D eigenvalue weighted by Gasteiger charge is -2.24. The Morgan fingerprint density at radius 1 is 0.921 bits per heavy atom. The van der Waals surface area contributed by atoms with Gasteiger partial charge in [0.1, 0.15) is 11.3 Å². The number of quaternary nitrogens is 1. The highest BCUT2D eigenvalue weighted by molar-refractivity contribution is 5.86. The van der Waals surface area contributed by atoms with Crippen molar-refractivity contribution in [3.63, 3.8) is 0 Å². The zero-order valence-electron chi connectivity index (χ0n) is 21.5. The minimum atomic E-state index is -0.624. The first-order valence-electron chi connectivity index (χ1n) is 12.6. The van der Waals surface area contributed by atoms with Gasteiger partial charge in [0.2, 0.25) is 5.88 Å². The molecule has 8 nitrogen and oxygen atoms in total. The Bertz CT molecular complexity index is 1790. The van der Waals surface area contributed by atoms with Crippen LogP contribution in [0.2, 0.25) is 0 Å². The molecule has 0 unspecified atom stereocenters. The number of fused-ring (bicyclic) bond motifs is 3. The smallest absolute Gasteiger partial charge is 0.343 e. The van der Waals surface area contributed by atoms with Crippen molar-refractivity contribution in [2.24, 2.45) is 0 Å². The van der Waals surface area contributed by atoms with Crippen molar-refractivity contribution in [2.45, 2.75) is 26.3 Å². The molecular weight excluding hydrogens is 480 g/mol. The second-order valence-electron chi connectivity index (χ2n) is 9.85. The summed E-state index contributed by atoms with van der Waals surface area (Å²) >= 11 is 0. The Kier molecular flexibility index (Phi) is 5.69. The number of ether oxygens (including phenoxy) is 1. The maximum absolute atomic E-state index is 14.1. The number of hydrogen-bond acceptors (Lipinski definition) is 4. The van der Waals surface area contributed by atoms with Crippen LogP contribution in [0.5, 0.6) is 11.6 Å². The molecule has 0 fully saturated rings. The molecule has 0 saturated carbocycles. The van der Waals surface area contributed by atoms with E-state index in [1.165, 1.54) is 4.57 Å². The Labute approximate surface area is 218 Å². The first-order valence-corrected chi connectivity index (χ1v) is 12.6. The van der Waals surface area contributed by atoms with Crippen LogP contribution in [0.4, 0.5) is 0 Å². The first-order chi connectivity index (χ1) is 18.4. The van der Waals surface area contributed by atoms with Crippen LogP contribution in [0.3, 0.4) is 0 Å². The number of methoxy groups -OCH3 is 1. The molecule has 38 heavy (non-hydrogen) atoms. The van der Waals surface area contributed by atoms with Crippen molar-refractivity contribution >= 4 is 10.9 Å². The normalized spacial score (nSPS) is 15.0. The van der Waals surface area contributed by atoms with Crippen molar-refractivity contribution in [1.29, 1.82) is 0 Å². The van der Waals surface area contributed by atoms with Gasteiger partial charge in [-0.05, 0) is 61.9 Å². The predicted molar refractivity (Wildman–Crippen MR) is 146 cm³/mol. The van der Waals surface area contributed by atoms with Gasteiger partial charge in [-0.1, -0.05) is 35.4 Å². The average molecular weight is 510 g/mol. The third-order valence-electron chi connectivity index (χ3n) is 7.42. The molecule has 0 radical (unpaired) electrons. The van der Waals surface area contributed by atoms with E-state index >= 15 is 0 Å². The first kappa shape index (κ1) is 23.8. The lowest BCUT2D eigenvalue weighted by molar-refractivity contribution is -0.690. The van der Waals surface area contributed by atoms with Gasteiger partial charge in [-0.25, -0.2) is 13.9 Å². The van der Waals surface area contributed by atoms with Crippen LogP contribution in [-0.2, 0) is 6.42 Å². The Hall–Kier alpha value is -4.56. The summed E-state index contributed by atoms with van der Waals surface area (Å²) in [6.07, 6.45) is 0.795. The van der Waals surface area contributed by atoms with E-state index < -0.39 is 17.3 Å². The second-order valence-corrected chi connectivity index (χ2v) is 9.85. The molecule has 8 heteroatoms. The van der Waals surface area contributed by atoms with Gasteiger partial charge in [-0.3, -0.25) is 4.79 Å². The summed E-state index contributed by atoms with van der Waals surface area (Å²) < 4.78 is 7.82. The van der Waals surface area contributed by atoms with Crippen molar-refractivity contribution in [1.82, 2.24) is 14.1 Å². The number of nitrogens with zero attached hydrogens (tertiary/aromatic N) is 2. The largest absolute Gasteiger partial charge is 0.497 e. The second kappa shape index (κ2) is 9.08. The van der Waals surface area contributed by atoms with E-state index in [9.17, 15) is 14.7 Å². The molecule has 0 saturated heterocycles. The summed E-state index contributed by atoms with van der Waals surface area (Å²) in [5.41, 5.74) is 4.82. The molecule has 0 amide bonds. The zero-order chi connectivity index (χ0) is 26.6. The summed E-state index contributed by atoms with van der Waals surface area (Å²) in [5.74, 6) is 0.403. The molecule has 3 heterocycles. The Morgan fingerprint density at radius 3 is 2.18 bits per heavy atom. The molecule has 6 rings (SSSR count). The summed E-state index contributed by atoms with van der Waals surface area (Å²) in [6, 6.07) is 19.8. The number of H-pyrrole nitrogens is 1. The maximum atomic E-state index is 14.1. The van der Waals surface area contributed by atoms with Gasteiger partial charge >= 0.3 is 5.69 Å². The topological polar surface area (TPSA) is 106 Å². The summed E-state index contributed by atoms with van der Waals surface area (Å²) in [6.45, 7) is 4.62. The lowest BCUT2D eigenvalue weighted by Crippen LogP contribution is -2.88. The van der Waals surface area contributed by atoms with Crippen LogP contribution < -0.4 is 21.3 Å². The average Bonchev–Trinajstić information content (AvgIpc) is 3.29. The minimum Gasteiger partial charge on any atom is -0.497 e. The highest BCUT2D eigenvalue weighted by Crippen LogP contribution is 2.34. The van der Waals surface area contributed by atoms with Crippen molar-refractivity contribution < 1.29 is 15.2 Å². The number of rotatable bonds is 4. The molecular formula is C30H29N4O4+. The van der Waals surface area contributed by atoms with Gasteiger partial charge < -0.3 is 20.1 Å². The van der Waals surface area contributed by atoms with Crippen LogP contribution in [0.15, 0.2) is 76.3 Å². The number of aromatic nitrogens is 3. The fraction of sp³-hybridized carbons (Fsp3) is 0.200. The minimum absolute atomic E-state index is 0.158. The van der Waals surface area contributed by atoms with Crippen LogP contribution in [0.25, 0.3) is 22.3 Å². The number of aromatic amines is 1. The van der Waals surface area contributed by atoms with Crippen LogP contribution in [0, 0.1) is 13.8 Å². The number of aromatic hydroxyl groups is 1.